The highest BCUT2D eigenvalue weighted by atomic mass is 19.1. The molecule has 31 heavy (non-hydrogen) atoms. The van der Waals surface area contributed by atoms with Crippen LogP contribution in [0.1, 0.15) is 46.8 Å². The van der Waals surface area contributed by atoms with Gasteiger partial charge in [-0.1, -0.05) is 29.8 Å². The molecule has 156 valence electrons. The molecule has 1 unspecified atom stereocenters. The number of fused-ring (bicyclic) bond motifs is 1. The Kier molecular flexibility index (Phi) is 4.66. The molecular weight excluding hydrogens is 395 g/mol. The van der Waals surface area contributed by atoms with Crippen molar-refractivity contribution < 1.29 is 14.0 Å². The fourth-order valence-corrected chi connectivity index (χ4v) is 4.21. The summed E-state index contributed by atoms with van der Waals surface area (Å²) in [5.74, 6) is -0.0513. The van der Waals surface area contributed by atoms with Crippen LogP contribution in [0, 0.1) is 12.7 Å². The van der Waals surface area contributed by atoms with E-state index in [1.54, 1.807) is 16.8 Å². The largest absolute Gasteiger partial charge is 0.343 e. The second-order valence-corrected chi connectivity index (χ2v) is 7.92. The molecule has 1 aliphatic carbocycles. The number of carbonyl (C=O) groups excluding carboxylic acids is 2. The summed E-state index contributed by atoms with van der Waals surface area (Å²) in [5.41, 5.74) is 4.38. The maximum atomic E-state index is 13.5. The molecule has 0 radical (unpaired) electrons. The highest BCUT2D eigenvalue weighted by Gasteiger charge is 2.37. The highest BCUT2D eigenvalue weighted by Crippen LogP contribution is 2.41. The van der Waals surface area contributed by atoms with Gasteiger partial charge in [0.05, 0.1) is 6.20 Å². The minimum absolute atomic E-state index is 0.0508. The maximum absolute atomic E-state index is 13.5. The Bertz CT molecular complexity index is 1210. The van der Waals surface area contributed by atoms with E-state index < -0.39 is 6.04 Å². The van der Waals surface area contributed by atoms with Crippen LogP contribution in [-0.2, 0) is 4.79 Å². The van der Waals surface area contributed by atoms with Gasteiger partial charge >= 0.3 is 0 Å². The predicted molar refractivity (Wildman–Crippen MR) is 115 cm³/mol. The van der Waals surface area contributed by atoms with E-state index in [0.29, 0.717) is 35.5 Å². The lowest BCUT2D eigenvalue weighted by Crippen LogP contribution is -2.32. The molecule has 1 aromatic heterocycles. The highest BCUT2D eigenvalue weighted by molar-refractivity contribution is 6.08. The number of nitrogens with one attached hydrogen (secondary N) is 2. The normalized spacial score (nSPS) is 17.6. The first-order valence-electron chi connectivity index (χ1n) is 10.3. The number of anilines is 2. The van der Waals surface area contributed by atoms with Crippen molar-refractivity contribution >= 4 is 23.2 Å². The predicted octanol–water partition coefficient (Wildman–Crippen LogP) is 4.60. The monoisotopic (exact) mass is 416 g/mol. The lowest BCUT2D eigenvalue weighted by molar-refractivity contribution is -0.116. The van der Waals surface area contributed by atoms with Crippen LogP contribution >= 0.6 is 0 Å². The quantitative estimate of drug-likeness (QED) is 0.654. The molecular formula is C24H21FN4O2. The molecule has 3 aromatic rings. The first-order valence-corrected chi connectivity index (χ1v) is 10.3. The smallest absolute Gasteiger partial charge is 0.261 e. The standard InChI is InChI=1S/C24H21FN4O2/c1-14-5-11-17(12-6-14)27-24(31)18-13-26-29-22(15-7-9-16(25)10-8-15)21-19(28-23(18)29)3-2-4-20(21)30/h5-13,22,28H,2-4H2,1H3,(H,27,31). The molecule has 0 saturated heterocycles. The molecule has 0 fully saturated rings. The van der Waals surface area contributed by atoms with E-state index in [1.807, 2.05) is 31.2 Å². The van der Waals surface area contributed by atoms with Gasteiger partial charge in [-0.05, 0) is 49.6 Å². The second kappa shape index (κ2) is 7.50. The van der Waals surface area contributed by atoms with Gasteiger partial charge in [0.25, 0.3) is 5.91 Å². The average molecular weight is 416 g/mol. The zero-order valence-corrected chi connectivity index (χ0v) is 17.0. The van der Waals surface area contributed by atoms with E-state index >= 15 is 0 Å². The number of benzene rings is 2. The number of hydrogen-bond acceptors (Lipinski definition) is 4. The number of aryl methyl sites for hydroxylation is 1. The van der Waals surface area contributed by atoms with Gasteiger partial charge in [0.2, 0.25) is 0 Å². The molecule has 1 aliphatic heterocycles. The van der Waals surface area contributed by atoms with Crippen molar-refractivity contribution in [3.8, 4) is 0 Å². The Balaban J connectivity index is 1.56. The number of Topliss-reactive ketones (excluding diaryl/α,β-unsaturated/α-hetero) is 1. The van der Waals surface area contributed by atoms with Gasteiger partial charge in [0.15, 0.2) is 5.78 Å². The Labute approximate surface area is 178 Å². The third kappa shape index (κ3) is 3.42. The van der Waals surface area contributed by atoms with Gasteiger partial charge in [-0.2, -0.15) is 5.10 Å². The van der Waals surface area contributed by atoms with Crippen molar-refractivity contribution in [2.24, 2.45) is 0 Å². The summed E-state index contributed by atoms with van der Waals surface area (Å²) >= 11 is 0. The minimum atomic E-state index is -0.499. The Morgan fingerprint density at radius 3 is 2.61 bits per heavy atom. The first kappa shape index (κ1) is 19.2. The van der Waals surface area contributed by atoms with Gasteiger partial charge in [0, 0.05) is 23.4 Å². The molecule has 0 saturated carbocycles. The summed E-state index contributed by atoms with van der Waals surface area (Å²) in [6, 6.07) is 13.1. The lowest BCUT2D eigenvalue weighted by atomic mass is 9.85. The van der Waals surface area contributed by atoms with Crippen molar-refractivity contribution in [1.29, 1.82) is 0 Å². The Morgan fingerprint density at radius 1 is 1.13 bits per heavy atom. The molecule has 0 bridgehead atoms. The number of nitrogens with zero attached hydrogens (tertiary/aromatic N) is 2. The van der Waals surface area contributed by atoms with Crippen LogP contribution in [0.15, 0.2) is 66.0 Å². The minimum Gasteiger partial charge on any atom is -0.343 e. The molecule has 2 heterocycles. The van der Waals surface area contributed by atoms with Gasteiger partial charge < -0.3 is 10.6 Å². The number of amides is 1. The SMILES string of the molecule is Cc1ccc(NC(=O)c2cnn3c2NC2=C(C(=O)CCC2)C3c2ccc(F)cc2)cc1. The van der Waals surface area contributed by atoms with Crippen LogP contribution < -0.4 is 10.6 Å². The zero-order chi connectivity index (χ0) is 21.5. The molecule has 1 atom stereocenters. The first-order chi connectivity index (χ1) is 15.0. The van der Waals surface area contributed by atoms with E-state index in [2.05, 4.69) is 15.7 Å². The number of ketones is 1. The Morgan fingerprint density at radius 2 is 1.87 bits per heavy atom. The summed E-state index contributed by atoms with van der Waals surface area (Å²) < 4.78 is 15.2. The van der Waals surface area contributed by atoms with E-state index in [1.165, 1.54) is 18.3 Å². The van der Waals surface area contributed by atoms with Gasteiger partial charge in [0.1, 0.15) is 23.2 Å². The second-order valence-electron chi connectivity index (χ2n) is 7.92. The fourth-order valence-electron chi connectivity index (χ4n) is 4.21. The Hall–Kier alpha value is -3.74. The third-order valence-corrected chi connectivity index (χ3v) is 5.78. The molecule has 2 N–H and O–H groups in total. The van der Waals surface area contributed by atoms with Gasteiger partial charge in [-0.3, -0.25) is 9.59 Å². The third-order valence-electron chi connectivity index (χ3n) is 5.78. The number of halogens is 1. The maximum Gasteiger partial charge on any atom is 0.261 e. The molecule has 0 spiro atoms. The summed E-state index contributed by atoms with van der Waals surface area (Å²) in [4.78, 5) is 25.8. The zero-order valence-electron chi connectivity index (χ0n) is 17.0. The van der Waals surface area contributed by atoms with E-state index in [-0.39, 0.29) is 17.5 Å². The molecule has 5 rings (SSSR count). The number of allylic oxidation sites excluding steroid dienone is 2. The van der Waals surface area contributed by atoms with Crippen LogP contribution in [0.2, 0.25) is 0 Å². The van der Waals surface area contributed by atoms with Crippen LogP contribution in [0.25, 0.3) is 0 Å². The van der Waals surface area contributed by atoms with Crippen LogP contribution in [0.3, 0.4) is 0 Å². The van der Waals surface area contributed by atoms with Crippen molar-refractivity contribution in [1.82, 2.24) is 9.78 Å². The van der Waals surface area contributed by atoms with Gasteiger partial charge in [-0.15, -0.1) is 0 Å². The lowest BCUT2D eigenvalue weighted by Gasteiger charge is -2.33. The average Bonchev–Trinajstić information content (AvgIpc) is 3.18. The van der Waals surface area contributed by atoms with Crippen molar-refractivity contribution in [3.05, 3.63) is 88.5 Å². The van der Waals surface area contributed by atoms with Crippen LogP contribution in [0.4, 0.5) is 15.9 Å². The number of aromatic nitrogens is 2. The summed E-state index contributed by atoms with van der Waals surface area (Å²) in [6.07, 6.45) is 3.43. The molecule has 2 aromatic carbocycles. The number of hydrogen-bond donors (Lipinski definition) is 2. The summed E-state index contributed by atoms with van der Waals surface area (Å²) in [5, 5.41) is 10.6. The summed E-state index contributed by atoms with van der Waals surface area (Å²) in [7, 11) is 0. The van der Waals surface area contributed by atoms with Crippen LogP contribution in [0.5, 0.6) is 0 Å². The van der Waals surface area contributed by atoms with E-state index in [9.17, 15) is 14.0 Å². The van der Waals surface area contributed by atoms with E-state index in [0.717, 1.165) is 23.2 Å². The van der Waals surface area contributed by atoms with E-state index in [4.69, 9.17) is 0 Å². The summed E-state index contributed by atoms with van der Waals surface area (Å²) in [6.45, 7) is 1.98. The number of carbonyl (C=O) groups is 2. The van der Waals surface area contributed by atoms with Crippen LogP contribution in [-0.4, -0.2) is 21.5 Å². The van der Waals surface area contributed by atoms with Gasteiger partial charge in [-0.25, -0.2) is 9.07 Å². The molecule has 6 nitrogen and oxygen atoms in total. The fraction of sp³-hybridized carbons (Fsp3) is 0.208. The molecule has 7 heteroatoms. The topological polar surface area (TPSA) is 76.0 Å². The number of rotatable bonds is 3. The molecule has 2 aliphatic rings. The molecule has 1 amide bonds. The van der Waals surface area contributed by atoms with Crippen molar-refractivity contribution in [3.63, 3.8) is 0 Å². The van der Waals surface area contributed by atoms with Crippen molar-refractivity contribution in [2.45, 2.75) is 32.2 Å². The van der Waals surface area contributed by atoms with Crippen molar-refractivity contribution in [2.75, 3.05) is 10.6 Å².